The molecule has 0 N–H and O–H groups in total. The van der Waals surface area contributed by atoms with Crippen LogP contribution >= 0.6 is 11.6 Å². The number of aromatic nitrogens is 3. The highest BCUT2D eigenvalue weighted by Crippen LogP contribution is 2.31. The van der Waals surface area contributed by atoms with Crippen molar-refractivity contribution in [2.45, 2.75) is 25.8 Å². The maximum atomic E-state index is 12.8. The summed E-state index contributed by atoms with van der Waals surface area (Å²) in [6.45, 7) is 3.42. The van der Waals surface area contributed by atoms with Crippen LogP contribution in [0, 0.1) is 6.92 Å². The number of benzene rings is 1. The molecule has 0 atom stereocenters. The van der Waals surface area contributed by atoms with Crippen LogP contribution in [0.1, 0.15) is 24.6 Å². The number of piperidine rings is 1. The standard InChI is InChI=1S/C20H21ClN4O2/c1-13-7-8-17-18(22-13)25(20(27)19(26)23(17)2)14-9-11-24(12-10-14)16-6-4-3-5-15(16)21/h3-8,14H,9-12H2,1-2H3. The second-order valence-corrected chi connectivity index (χ2v) is 7.41. The molecule has 1 aliphatic rings. The van der Waals surface area contributed by atoms with Gasteiger partial charge in [-0.15, -0.1) is 0 Å². The molecule has 0 amide bonds. The van der Waals surface area contributed by atoms with E-state index in [2.05, 4.69) is 9.88 Å². The molecule has 3 aromatic rings. The SMILES string of the molecule is Cc1ccc2c(n1)n(C1CCN(c3ccccc3Cl)CC1)c(=O)c(=O)n2C. The van der Waals surface area contributed by atoms with Crippen LogP contribution in [0.4, 0.5) is 5.69 Å². The summed E-state index contributed by atoms with van der Waals surface area (Å²) in [6.07, 6.45) is 1.51. The van der Waals surface area contributed by atoms with Gasteiger partial charge in [-0.25, -0.2) is 4.98 Å². The predicted octanol–water partition coefficient (Wildman–Crippen LogP) is 2.90. The third-order valence-corrected chi connectivity index (χ3v) is 5.63. The molecule has 1 fully saturated rings. The Balaban J connectivity index is 1.72. The number of nitrogens with zero attached hydrogens (tertiary/aromatic N) is 4. The molecule has 6 nitrogen and oxygen atoms in total. The van der Waals surface area contributed by atoms with Crippen LogP contribution in [-0.4, -0.2) is 27.2 Å². The van der Waals surface area contributed by atoms with Crippen molar-refractivity contribution in [3.8, 4) is 0 Å². The van der Waals surface area contributed by atoms with Crippen LogP contribution in [0.2, 0.25) is 5.02 Å². The van der Waals surface area contributed by atoms with E-state index in [1.165, 1.54) is 4.57 Å². The molecule has 4 rings (SSSR count). The molecule has 0 spiro atoms. The summed E-state index contributed by atoms with van der Waals surface area (Å²) < 4.78 is 2.99. The predicted molar refractivity (Wildman–Crippen MR) is 108 cm³/mol. The highest BCUT2D eigenvalue weighted by molar-refractivity contribution is 6.33. The molecule has 140 valence electrons. The Morgan fingerprint density at radius 2 is 1.74 bits per heavy atom. The zero-order chi connectivity index (χ0) is 19.1. The maximum Gasteiger partial charge on any atom is 0.318 e. The third-order valence-electron chi connectivity index (χ3n) is 5.31. The van der Waals surface area contributed by atoms with Gasteiger partial charge in [0, 0.05) is 31.9 Å². The van der Waals surface area contributed by atoms with Crippen molar-refractivity contribution in [2.24, 2.45) is 7.05 Å². The van der Waals surface area contributed by atoms with Gasteiger partial charge in [0.2, 0.25) is 0 Å². The van der Waals surface area contributed by atoms with E-state index >= 15 is 0 Å². The number of pyridine rings is 1. The van der Waals surface area contributed by atoms with Crippen LogP contribution in [0.3, 0.4) is 0 Å². The Morgan fingerprint density at radius 1 is 1.04 bits per heavy atom. The zero-order valence-electron chi connectivity index (χ0n) is 15.4. The van der Waals surface area contributed by atoms with Gasteiger partial charge >= 0.3 is 11.1 Å². The minimum atomic E-state index is -0.512. The van der Waals surface area contributed by atoms with E-state index in [0.717, 1.165) is 42.3 Å². The Bertz CT molecular complexity index is 1130. The first-order valence-electron chi connectivity index (χ1n) is 9.05. The lowest BCUT2D eigenvalue weighted by Crippen LogP contribution is -2.45. The fourth-order valence-corrected chi connectivity index (χ4v) is 4.09. The number of halogens is 1. The third kappa shape index (κ3) is 3.04. The number of anilines is 1. The van der Waals surface area contributed by atoms with E-state index in [4.69, 9.17) is 11.6 Å². The fourth-order valence-electron chi connectivity index (χ4n) is 3.84. The summed E-state index contributed by atoms with van der Waals surface area (Å²) in [5.41, 5.74) is 2.08. The van der Waals surface area contributed by atoms with E-state index in [0.29, 0.717) is 11.2 Å². The Kier molecular flexibility index (Phi) is 4.52. The number of para-hydroxylation sites is 1. The van der Waals surface area contributed by atoms with E-state index in [9.17, 15) is 9.59 Å². The quantitative estimate of drug-likeness (QED) is 0.637. The highest BCUT2D eigenvalue weighted by Gasteiger charge is 2.25. The Labute approximate surface area is 161 Å². The van der Waals surface area contributed by atoms with Gasteiger partial charge in [0.25, 0.3) is 0 Å². The van der Waals surface area contributed by atoms with Gasteiger partial charge in [-0.2, -0.15) is 0 Å². The van der Waals surface area contributed by atoms with Crippen molar-refractivity contribution >= 4 is 28.5 Å². The van der Waals surface area contributed by atoms with Gasteiger partial charge < -0.3 is 9.47 Å². The molecule has 3 heterocycles. The van der Waals surface area contributed by atoms with Gasteiger partial charge in [-0.3, -0.25) is 14.2 Å². The molecule has 0 unspecified atom stereocenters. The van der Waals surface area contributed by atoms with Gasteiger partial charge in [0.15, 0.2) is 5.65 Å². The van der Waals surface area contributed by atoms with Gasteiger partial charge in [0.1, 0.15) is 0 Å². The average Bonchev–Trinajstić information content (AvgIpc) is 2.67. The van der Waals surface area contributed by atoms with Crippen molar-refractivity contribution in [3.63, 3.8) is 0 Å². The number of rotatable bonds is 2. The number of hydrogen-bond donors (Lipinski definition) is 0. The molecule has 0 bridgehead atoms. The maximum absolute atomic E-state index is 12.8. The molecule has 1 saturated heterocycles. The monoisotopic (exact) mass is 384 g/mol. The first kappa shape index (κ1) is 17.8. The van der Waals surface area contributed by atoms with Crippen molar-refractivity contribution in [1.29, 1.82) is 0 Å². The summed E-state index contributed by atoms with van der Waals surface area (Å²) in [7, 11) is 1.62. The van der Waals surface area contributed by atoms with E-state index in [1.807, 2.05) is 43.3 Å². The minimum absolute atomic E-state index is 0.0538. The number of aryl methyl sites for hydroxylation is 2. The zero-order valence-corrected chi connectivity index (χ0v) is 16.1. The van der Waals surface area contributed by atoms with Crippen LogP contribution in [0.25, 0.3) is 11.2 Å². The first-order chi connectivity index (χ1) is 13.0. The van der Waals surface area contributed by atoms with E-state index in [1.54, 1.807) is 11.6 Å². The van der Waals surface area contributed by atoms with Gasteiger partial charge in [-0.1, -0.05) is 23.7 Å². The lowest BCUT2D eigenvalue weighted by atomic mass is 10.0. The second kappa shape index (κ2) is 6.85. The van der Waals surface area contributed by atoms with Crippen LogP contribution in [0.15, 0.2) is 46.0 Å². The summed E-state index contributed by atoms with van der Waals surface area (Å²) in [5.74, 6) is 0. The summed E-state index contributed by atoms with van der Waals surface area (Å²) in [4.78, 5) is 32.0. The van der Waals surface area contributed by atoms with E-state index < -0.39 is 11.1 Å². The van der Waals surface area contributed by atoms with Gasteiger partial charge in [0.05, 0.1) is 16.2 Å². The molecule has 1 aromatic carbocycles. The van der Waals surface area contributed by atoms with Crippen molar-refractivity contribution in [3.05, 3.63) is 67.8 Å². The topological polar surface area (TPSA) is 60.1 Å². The van der Waals surface area contributed by atoms with Crippen LogP contribution < -0.4 is 16.0 Å². The average molecular weight is 385 g/mol. The Hall–Kier alpha value is -2.60. The fraction of sp³-hybridized carbons (Fsp3) is 0.350. The lowest BCUT2D eigenvalue weighted by Gasteiger charge is -2.35. The summed E-state index contributed by atoms with van der Waals surface area (Å²) in [6, 6.07) is 11.4. The second-order valence-electron chi connectivity index (χ2n) is 7.00. The van der Waals surface area contributed by atoms with Crippen LogP contribution in [0.5, 0.6) is 0 Å². The summed E-state index contributed by atoms with van der Waals surface area (Å²) in [5, 5.41) is 0.726. The Morgan fingerprint density at radius 3 is 2.44 bits per heavy atom. The molecule has 2 aromatic heterocycles. The number of fused-ring (bicyclic) bond motifs is 1. The molecule has 1 aliphatic heterocycles. The molecular formula is C20H21ClN4O2. The number of hydrogen-bond acceptors (Lipinski definition) is 4. The first-order valence-corrected chi connectivity index (χ1v) is 9.43. The highest BCUT2D eigenvalue weighted by atomic mass is 35.5. The van der Waals surface area contributed by atoms with Crippen LogP contribution in [-0.2, 0) is 7.05 Å². The largest absolute Gasteiger partial charge is 0.370 e. The normalized spacial score (nSPS) is 15.4. The van der Waals surface area contributed by atoms with E-state index in [-0.39, 0.29) is 6.04 Å². The van der Waals surface area contributed by atoms with Crippen molar-refractivity contribution < 1.29 is 0 Å². The molecule has 7 heteroatoms. The smallest absolute Gasteiger partial charge is 0.318 e. The summed E-state index contributed by atoms with van der Waals surface area (Å²) >= 11 is 6.32. The van der Waals surface area contributed by atoms with Gasteiger partial charge in [-0.05, 0) is 44.0 Å². The molecule has 0 aliphatic carbocycles. The molecule has 27 heavy (non-hydrogen) atoms. The molecule has 0 radical (unpaired) electrons. The van der Waals surface area contributed by atoms with Crippen molar-refractivity contribution in [1.82, 2.24) is 14.1 Å². The molecular weight excluding hydrogens is 364 g/mol. The van der Waals surface area contributed by atoms with Crippen molar-refractivity contribution in [2.75, 3.05) is 18.0 Å². The lowest BCUT2D eigenvalue weighted by molar-refractivity contribution is 0.392. The molecule has 0 saturated carbocycles. The minimum Gasteiger partial charge on any atom is -0.370 e.